The normalized spacial score (nSPS) is 14.2. The molecule has 1 fully saturated rings. The van der Waals surface area contributed by atoms with Gasteiger partial charge < -0.3 is 34.4 Å². The topological polar surface area (TPSA) is 143 Å². The molecule has 230 valence electrons. The fourth-order valence-corrected chi connectivity index (χ4v) is 5.97. The lowest BCUT2D eigenvalue weighted by Gasteiger charge is -2.32. The van der Waals surface area contributed by atoms with Crippen molar-refractivity contribution in [2.75, 3.05) is 69.4 Å². The summed E-state index contributed by atoms with van der Waals surface area (Å²) >= 11 is 1.36. The van der Waals surface area contributed by atoms with Gasteiger partial charge in [0.05, 0.1) is 29.5 Å². The molecule has 0 saturated carbocycles. The molecule has 0 atom stereocenters. The van der Waals surface area contributed by atoms with Crippen LogP contribution in [0.4, 0.5) is 27.1 Å². The van der Waals surface area contributed by atoms with Crippen LogP contribution in [0.5, 0.6) is 11.5 Å². The van der Waals surface area contributed by atoms with Crippen molar-refractivity contribution in [3.63, 3.8) is 0 Å². The molecular weight excluding hydrogens is 582 g/mol. The summed E-state index contributed by atoms with van der Waals surface area (Å²) in [6.45, 7) is 9.51. The standard InChI is InChI=1S/C30H35N9O4S/c1-18-27(19(2)43-37-18)35-29(40)36-30-34-22-7-6-20(14-26(22)44-30)33-28-21-15-24(41-4)25(16-23(21)31-17-32-28)42-13-5-8-39-11-9-38(3)10-12-39/h6-7,14-17H,5,8-13H2,1-4H3,(H,31,32,33)(H2,34,35,36,40). The number of anilines is 4. The third-order valence-corrected chi connectivity index (χ3v) is 8.47. The van der Waals surface area contributed by atoms with Gasteiger partial charge in [-0.25, -0.2) is 19.7 Å². The van der Waals surface area contributed by atoms with E-state index in [2.05, 4.69) is 52.9 Å². The number of hydrogen-bond donors (Lipinski definition) is 3. The lowest BCUT2D eigenvalue weighted by molar-refractivity contribution is 0.145. The van der Waals surface area contributed by atoms with Crippen LogP contribution in [0.3, 0.4) is 0 Å². The van der Waals surface area contributed by atoms with Crippen molar-refractivity contribution in [1.29, 1.82) is 0 Å². The molecule has 0 radical (unpaired) electrons. The summed E-state index contributed by atoms with van der Waals surface area (Å²) in [5.41, 5.74) is 3.47. The van der Waals surface area contributed by atoms with E-state index < -0.39 is 6.03 Å². The maximum atomic E-state index is 12.5. The minimum atomic E-state index is -0.420. The highest BCUT2D eigenvalue weighted by Gasteiger charge is 2.16. The summed E-state index contributed by atoms with van der Waals surface area (Å²) in [7, 11) is 3.80. The highest BCUT2D eigenvalue weighted by atomic mass is 32.1. The number of fused-ring (bicyclic) bond motifs is 2. The summed E-state index contributed by atoms with van der Waals surface area (Å²) in [4.78, 5) is 30.9. The zero-order valence-corrected chi connectivity index (χ0v) is 26.0. The largest absolute Gasteiger partial charge is 0.493 e. The molecule has 44 heavy (non-hydrogen) atoms. The predicted molar refractivity (Wildman–Crippen MR) is 172 cm³/mol. The number of nitrogens with zero attached hydrogens (tertiary/aromatic N) is 6. The van der Waals surface area contributed by atoms with E-state index >= 15 is 0 Å². The fourth-order valence-electron chi connectivity index (χ4n) is 5.07. The first-order valence-corrected chi connectivity index (χ1v) is 15.2. The first-order chi connectivity index (χ1) is 21.4. The monoisotopic (exact) mass is 617 g/mol. The van der Waals surface area contributed by atoms with Gasteiger partial charge in [0.25, 0.3) is 0 Å². The van der Waals surface area contributed by atoms with Gasteiger partial charge in [0.1, 0.15) is 23.5 Å². The second-order valence-electron chi connectivity index (χ2n) is 10.7. The lowest BCUT2D eigenvalue weighted by atomic mass is 10.2. The maximum absolute atomic E-state index is 12.5. The molecule has 0 aliphatic carbocycles. The number of thiazole rings is 1. The van der Waals surface area contributed by atoms with Gasteiger partial charge in [0.15, 0.2) is 22.4 Å². The molecule has 5 aromatic rings. The summed E-state index contributed by atoms with van der Waals surface area (Å²) in [5, 5.41) is 14.1. The highest BCUT2D eigenvalue weighted by Crippen LogP contribution is 2.36. The Morgan fingerprint density at radius 1 is 1.05 bits per heavy atom. The van der Waals surface area contributed by atoms with Crippen molar-refractivity contribution in [2.24, 2.45) is 0 Å². The van der Waals surface area contributed by atoms with Crippen LogP contribution in [0, 0.1) is 13.8 Å². The Hall–Kier alpha value is -4.53. The Labute approximate surface area is 258 Å². The molecule has 4 heterocycles. The van der Waals surface area contributed by atoms with E-state index in [1.807, 2.05) is 30.3 Å². The van der Waals surface area contributed by atoms with E-state index in [9.17, 15) is 4.79 Å². The van der Waals surface area contributed by atoms with Crippen LogP contribution < -0.4 is 25.4 Å². The molecule has 14 heteroatoms. The molecule has 13 nitrogen and oxygen atoms in total. The summed E-state index contributed by atoms with van der Waals surface area (Å²) in [6, 6.07) is 9.15. The van der Waals surface area contributed by atoms with Crippen molar-refractivity contribution >= 4 is 60.8 Å². The van der Waals surface area contributed by atoms with Crippen LogP contribution in [0.15, 0.2) is 41.2 Å². The molecule has 0 spiro atoms. The Balaban J connectivity index is 1.12. The number of carbonyl (C=O) groups excluding carboxylic acids is 1. The summed E-state index contributed by atoms with van der Waals surface area (Å²) in [6.07, 6.45) is 2.46. The number of carbonyl (C=O) groups is 1. The number of rotatable bonds is 10. The van der Waals surface area contributed by atoms with Crippen LogP contribution in [0.25, 0.3) is 21.1 Å². The zero-order valence-electron chi connectivity index (χ0n) is 25.1. The van der Waals surface area contributed by atoms with Gasteiger partial charge in [-0.3, -0.25) is 5.32 Å². The summed E-state index contributed by atoms with van der Waals surface area (Å²) < 4.78 is 17.8. The molecule has 6 rings (SSSR count). The van der Waals surface area contributed by atoms with E-state index in [1.54, 1.807) is 21.0 Å². The third kappa shape index (κ3) is 6.67. The number of aromatic nitrogens is 4. The SMILES string of the molecule is COc1cc2c(Nc3ccc4nc(NC(=O)Nc5c(C)noc5C)sc4c3)ncnc2cc1OCCCN1CCN(C)CC1. The number of likely N-dealkylation sites (N-methyl/N-ethyl adjacent to an activating group) is 1. The molecule has 1 aliphatic heterocycles. The minimum Gasteiger partial charge on any atom is -0.493 e. The fraction of sp³-hybridized carbons (Fsp3) is 0.367. The molecular formula is C30H35N9O4S. The van der Waals surface area contributed by atoms with Gasteiger partial charge in [0.2, 0.25) is 0 Å². The third-order valence-electron chi connectivity index (χ3n) is 7.54. The number of piperazine rings is 1. The quantitative estimate of drug-likeness (QED) is 0.177. The second-order valence-corrected chi connectivity index (χ2v) is 11.7. The van der Waals surface area contributed by atoms with E-state index in [-0.39, 0.29) is 0 Å². The van der Waals surface area contributed by atoms with E-state index in [0.717, 1.165) is 66.0 Å². The number of methoxy groups -OCH3 is 1. The molecule has 1 saturated heterocycles. The average molecular weight is 618 g/mol. The minimum absolute atomic E-state index is 0.420. The first-order valence-electron chi connectivity index (χ1n) is 14.4. The van der Waals surface area contributed by atoms with E-state index in [4.69, 9.17) is 14.0 Å². The van der Waals surface area contributed by atoms with Crippen LogP contribution in [-0.2, 0) is 0 Å². The van der Waals surface area contributed by atoms with Crippen molar-refractivity contribution < 1.29 is 18.8 Å². The van der Waals surface area contributed by atoms with Gasteiger partial charge >= 0.3 is 6.03 Å². The van der Waals surface area contributed by atoms with Crippen molar-refractivity contribution in [2.45, 2.75) is 20.3 Å². The smallest absolute Gasteiger partial charge is 0.325 e. The molecule has 0 unspecified atom stereocenters. The lowest BCUT2D eigenvalue weighted by Crippen LogP contribution is -2.44. The number of ether oxygens (including phenoxy) is 2. The Bertz CT molecular complexity index is 1760. The van der Waals surface area contributed by atoms with Gasteiger partial charge in [-0.1, -0.05) is 16.5 Å². The molecule has 2 aromatic carbocycles. The van der Waals surface area contributed by atoms with Crippen LogP contribution >= 0.6 is 11.3 Å². The molecule has 1 aliphatic rings. The van der Waals surface area contributed by atoms with Crippen molar-refractivity contribution in [3.05, 3.63) is 48.1 Å². The van der Waals surface area contributed by atoms with Crippen molar-refractivity contribution in [3.8, 4) is 11.5 Å². The maximum Gasteiger partial charge on any atom is 0.325 e. The zero-order chi connectivity index (χ0) is 30.6. The average Bonchev–Trinajstić information content (AvgIpc) is 3.56. The van der Waals surface area contributed by atoms with E-state index in [0.29, 0.717) is 46.2 Å². The number of hydrogen-bond acceptors (Lipinski definition) is 12. The molecule has 2 amide bonds. The number of aryl methyl sites for hydroxylation is 2. The number of benzene rings is 2. The first kappa shape index (κ1) is 29.5. The molecule has 0 bridgehead atoms. The van der Waals surface area contributed by atoms with Crippen LogP contribution in [-0.4, -0.2) is 89.4 Å². The van der Waals surface area contributed by atoms with Gasteiger partial charge in [0, 0.05) is 49.9 Å². The highest BCUT2D eigenvalue weighted by molar-refractivity contribution is 7.22. The number of amides is 2. The summed E-state index contributed by atoms with van der Waals surface area (Å²) in [5.74, 6) is 2.45. The van der Waals surface area contributed by atoms with Gasteiger partial charge in [-0.2, -0.15) is 0 Å². The van der Waals surface area contributed by atoms with E-state index in [1.165, 1.54) is 17.7 Å². The van der Waals surface area contributed by atoms with Crippen LogP contribution in [0.2, 0.25) is 0 Å². The Kier molecular flexibility index (Phi) is 8.72. The number of urea groups is 1. The van der Waals surface area contributed by atoms with Gasteiger partial charge in [-0.15, -0.1) is 0 Å². The second kappa shape index (κ2) is 13.0. The Morgan fingerprint density at radius 3 is 2.66 bits per heavy atom. The Morgan fingerprint density at radius 2 is 1.89 bits per heavy atom. The number of nitrogens with one attached hydrogen (secondary N) is 3. The van der Waals surface area contributed by atoms with Crippen LogP contribution in [0.1, 0.15) is 17.9 Å². The van der Waals surface area contributed by atoms with Gasteiger partial charge in [-0.05, 0) is 51.6 Å². The molecule has 3 aromatic heterocycles. The predicted octanol–water partition coefficient (Wildman–Crippen LogP) is 5.26. The molecule has 3 N–H and O–H groups in total. The van der Waals surface area contributed by atoms with Crippen molar-refractivity contribution in [1.82, 2.24) is 29.9 Å².